The van der Waals surface area contributed by atoms with Gasteiger partial charge in [0, 0.05) is 0 Å². The third kappa shape index (κ3) is 10.7. The molecule has 0 heterocycles. The van der Waals surface area contributed by atoms with Crippen molar-refractivity contribution < 1.29 is 0 Å². The van der Waals surface area contributed by atoms with E-state index < -0.39 is 0 Å². The summed E-state index contributed by atoms with van der Waals surface area (Å²) in [7, 11) is 0. The first kappa shape index (κ1) is 11.7. The Hall–Kier alpha value is -1.29. The van der Waals surface area contributed by atoms with Crippen molar-refractivity contribution in [2.75, 3.05) is 0 Å². The van der Waals surface area contributed by atoms with Crippen LogP contribution >= 0.6 is 0 Å². The highest BCUT2D eigenvalue weighted by Gasteiger charge is 1.74. The Balaban J connectivity index is 3.32. The fourth-order valence-electron chi connectivity index (χ4n) is 0.851. The van der Waals surface area contributed by atoms with Crippen LogP contribution in [0.1, 0.15) is 32.6 Å². The highest BCUT2D eigenvalue weighted by Crippen LogP contribution is 1.94. The summed E-state index contributed by atoms with van der Waals surface area (Å²) in [5, 5.41) is 8.23. The summed E-state index contributed by atoms with van der Waals surface area (Å²) in [6.07, 6.45) is 16.1. The van der Waals surface area contributed by atoms with Crippen LogP contribution in [-0.4, -0.2) is 0 Å². The van der Waals surface area contributed by atoms with Crippen LogP contribution in [0.2, 0.25) is 0 Å². The number of unbranched alkanes of at least 4 members (excludes halogenated alkanes) is 1. The van der Waals surface area contributed by atoms with E-state index in [1.807, 2.05) is 18.2 Å². The highest BCUT2D eigenvalue weighted by molar-refractivity contribution is 5.05. The molecule has 1 heteroatoms. The molecular weight excluding hydrogens is 158 g/mol. The maximum absolute atomic E-state index is 8.23. The molecule has 0 rings (SSSR count). The number of rotatable bonds is 6. The van der Waals surface area contributed by atoms with Crippen molar-refractivity contribution in [2.24, 2.45) is 0 Å². The second kappa shape index (κ2) is 10.7. The molecule has 0 aromatic heterocycles. The Labute approximate surface area is 81.1 Å². The predicted molar refractivity (Wildman–Crippen MR) is 57.2 cm³/mol. The molecule has 0 atom stereocenters. The number of allylic oxidation sites excluding steroid dienone is 6. The van der Waals surface area contributed by atoms with Gasteiger partial charge in [-0.1, -0.05) is 43.4 Å². The van der Waals surface area contributed by atoms with Crippen LogP contribution in [0.4, 0.5) is 0 Å². The molecule has 0 N–H and O–H groups in total. The zero-order valence-corrected chi connectivity index (χ0v) is 8.24. The van der Waals surface area contributed by atoms with E-state index in [4.69, 9.17) is 5.26 Å². The van der Waals surface area contributed by atoms with Crippen LogP contribution in [0.25, 0.3) is 0 Å². The molecule has 0 aromatic rings. The maximum atomic E-state index is 8.23. The van der Waals surface area contributed by atoms with Crippen LogP contribution in [0.3, 0.4) is 0 Å². The molecule has 0 bridgehead atoms. The third-order valence-electron chi connectivity index (χ3n) is 1.49. The van der Waals surface area contributed by atoms with Crippen molar-refractivity contribution in [3.05, 3.63) is 36.5 Å². The lowest BCUT2D eigenvalue weighted by Gasteiger charge is -1.84. The van der Waals surface area contributed by atoms with Crippen molar-refractivity contribution in [1.29, 1.82) is 5.26 Å². The zero-order chi connectivity index (χ0) is 9.78. The lowest BCUT2D eigenvalue weighted by atomic mass is 10.2. The molecule has 0 radical (unpaired) electrons. The van der Waals surface area contributed by atoms with E-state index in [1.165, 1.54) is 0 Å². The molecule has 0 fully saturated rings. The van der Waals surface area contributed by atoms with E-state index in [9.17, 15) is 0 Å². The maximum Gasteiger partial charge on any atom is 0.0663 e. The van der Waals surface area contributed by atoms with Gasteiger partial charge in [0.05, 0.1) is 12.5 Å². The summed E-state index contributed by atoms with van der Waals surface area (Å²) in [4.78, 5) is 0. The third-order valence-corrected chi connectivity index (χ3v) is 1.49. The van der Waals surface area contributed by atoms with Crippen molar-refractivity contribution in [1.82, 2.24) is 0 Å². The van der Waals surface area contributed by atoms with Gasteiger partial charge in [0.1, 0.15) is 0 Å². The number of nitrogens with zero attached hydrogens (tertiary/aromatic N) is 1. The van der Waals surface area contributed by atoms with Crippen LogP contribution < -0.4 is 0 Å². The predicted octanol–water partition coefficient (Wildman–Crippen LogP) is 3.76. The lowest BCUT2D eigenvalue weighted by molar-refractivity contribution is 1.04. The van der Waals surface area contributed by atoms with Gasteiger partial charge in [0.25, 0.3) is 0 Å². The van der Waals surface area contributed by atoms with Gasteiger partial charge in [0.2, 0.25) is 0 Å². The molecule has 0 unspecified atom stereocenters. The van der Waals surface area contributed by atoms with E-state index >= 15 is 0 Å². The second-order valence-electron chi connectivity index (χ2n) is 2.68. The second-order valence-corrected chi connectivity index (χ2v) is 2.68. The monoisotopic (exact) mass is 175 g/mol. The summed E-state index contributed by atoms with van der Waals surface area (Å²) in [6.45, 7) is 2.14. The fourth-order valence-corrected chi connectivity index (χ4v) is 0.851. The molecule has 0 aliphatic carbocycles. The molecular formula is C12H17N. The number of nitriles is 1. The minimum Gasteiger partial charge on any atom is -0.198 e. The van der Waals surface area contributed by atoms with E-state index in [-0.39, 0.29) is 0 Å². The molecule has 0 aliphatic rings. The first-order chi connectivity index (χ1) is 6.41. The Morgan fingerprint density at radius 2 is 1.69 bits per heavy atom. The Kier molecular flexibility index (Phi) is 9.65. The number of hydrogen-bond acceptors (Lipinski definition) is 1. The summed E-state index contributed by atoms with van der Waals surface area (Å²) in [6, 6.07) is 2.05. The molecule has 0 aliphatic heterocycles. The van der Waals surface area contributed by atoms with E-state index in [1.54, 1.807) is 0 Å². The molecule has 13 heavy (non-hydrogen) atoms. The molecule has 70 valence electrons. The average Bonchev–Trinajstić information content (AvgIpc) is 2.16. The Bertz CT molecular complexity index is 216. The summed E-state index contributed by atoms with van der Waals surface area (Å²) >= 11 is 0. The van der Waals surface area contributed by atoms with E-state index in [0.29, 0.717) is 6.42 Å². The van der Waals surface area contributed by atoms with Crippen molar-refractivity contribution in [2.45, 2.75) is 32.6 Å². The standard InChI is InChI=1S/C12H17N/c1-2-3-4-5-6-7-8-9-10-11-12-13/h3-4,7-10H,2,5-6,11H2,1H3/b4-3+,8-7+,10-9+. The first-order valence-electron chi connectivity index (χ1n) is 4.75. The number of hydrogen-bond donors (Lipinski definition) is 0. The van der Waals surface area contributed by atoms with Crippen LogP contribution in [0.5, 0.6) is 0 Å². The summed E-state index contributed by atoms with van der Waals surface area (Å²) in [5.41, 5.74) is 0. The SMILES string of the molecule is CC/C=C/CC/C=C/C=C/CC#N. The van der Waals surface area contributed by atoms with Gasteiger partial charge in [-0.05, 0) is 19.3 Å². The van der Waals surface area contributed by atoms with Gasteiger partial charge in [-0.15, -0.1) is 0 Å². The van der Waals surface area contributed by atoms with Gasteiger partial charge in [-0.25, -0.2) is 0 Å². The van der Waals surface area contributed by atoms with Crippen molar-refractivity contribution >= 4 is 0 Å². The zero-order valence-electron chi connectivity index (χ0n) is 8.24. The molecule has 0 saturated heterocycles. The van der Waals surface area contributed by atoms with Crippen LogP contribution in [0.15, 0.2) is 36.5 Å². The molecule has 0 spiro atoms. The molecule has 0 saturated carbocycles. The smallest absolute Gasteiger partial charge is 0.0663 e. The largest absolute Gasteiger partial charge is 0.198 e. The van der Waals surface area contributed by atoms with E-state index in [2.05, 4.69) is 31.2 Å². The normalized spacial score (nSPS) is 11.7. The average molecular weight is 175 g/mol. The van der Waals surface area contributed by atoms with Crippen molar-refractivity contribution in [3.8, 4) is 6.07 Å². The first-order valence-corrected chi connectivity index (χ1v) is 4.75. The summed E-state index contributed by atoms with van der Waals surface area (Å²) in [5.74, 6) is 0. The highest BCUT2D eigenvalue weighted by atomic mass is 14.2. The van der Waals surface area contributed by atoms with Gasteiger partial charge in [-0.2, -0.15) is 5.26 Å². The molecule has 0 amide bonds. The fraction of sp³-hybridized carbons (Fsp3) is 0.417. The van der Waals surface area contributed by atoms with Crippen LogP contribution in [-0.2, 0) is 0 Å². The van der Waals surface area contributed by atoms with Gasteiger partial charge < -0.3 is 0 Å². The topological polar surface area (TPSA) is 23.8 Å². The molecule has 1 nitrogen and oxygen atoms in total. The summed E-state index contributed by atoms with van der Waals surface area (Å²) < 4.78 is 0. The van der Waals surface area contributed by atoms with Crippen molar-refractivity contribution in [3.63, 3.8) is 0 Å². The quantitative estimate of drug-likeness (QED) is 0.342. The Morgan fingerprint density at radius 1 is 1.00 bits per heavy atom. The van der Waals surface area contributed by atoms with Gasteiger partial charge in [-0.3, -0.25) is 0 Å². The van der Waals surface area contributed by atoms with Gasteiger partial charge >= 0.3 is 0 Å². The minimum absolute atomic E-state index is 0.500. The Morgan fingerprint density at radius 3 is 2.38 bits per heavy atom. The minimum atomic E-state index is 0.500. The van der Waals surface area contributed by atoms with Crippen LogP contribution in [0, 0.1) is 11.3 Å². The van der Waals surface area contributed by atoms with E-state index in [0.717, 1.165) is 19.3 Å². The molecule has 0 aromatic carbocycles. The lowest BCUT2D eigenvalue weighted by Crippen LogP contribution is -1.64. The van der Waals surface area contributed by atoms with Gasteiger partial charge in [0.15, 0.2) is 0 Å².